The molecule has 0 N–H and O–H groups in total. The van der Waals surface area contributed by atoms with Gasteiger partial charge in [0.2, 0.25) is 0 Å². The van der Waals surface area contributed by atoms with Crippen molar-refractivity contribution in [3.8, 4) is 28.8 Å². The first-order valence-corrected chi connectivity index (χ1v) is 8.98. The van der Waals surface area contributed by atoms with E-state index in [-0.39, 0.29) is 6.04 Å². The first-order chi connectivity index (χ1) is 13.2. The van der Waals surface area contributed by atoms with Crippen molar-refractivity contribution in [1.82, 2.24) is 33.9 Å². The van der Waals surface area contributed by atoms with Gasteiger partial charge in [0.25, 0.3) is 0 Å². The van der Waals surface area contributed by atoms with Gasteiger partial charge in [-0.2, -0.15) is 15.5 Å². The van der Waals surface area contributed by atoms with Gasteiger partial charge in [0, 0.05) is 43.5 Å². The molecule has 8 heteroatoms. The third-order valence-corrected chi connectivity index (χ3v) is 5.03. The van der Waals surface area contributed by atoms with Gasteiger partial charge in [-0.25, -0.2) is 9.97 Å². The molecule has 1 atom stereocenters. The summed E-state index contributed by atoms with van der Waals surface area (Å²) in [5.41, 5.74) is 3.32. The van der Waals surface area contributed by atoms with Crippen LogP contribution in [0.5, 0.6) is 0 Å². The molecule has 0 amide bonds. The highest BCUT2D eigenvalue weighted by Gasteiger charge is 2.33. The Hall–Kier alpha value is -3.47. The first kappa shape index (κ1) is 15.8. The number of rotatable bonds is 5. The van der Waals surface area contributed by atoms with Crippen LogP contribution in [0.3, 0.4) is 0 Å². The number of aromatic nitrogens is 7. The fourth-order valence-electron chi connectivity index (χ4n) is 3.50. The lowest BCUT2D eigenvalue weighted by Gasteiger charge is -2.13. The molecule has 8 nitrogen and oxygen atoms in total. The molecule has 1 aliphatic carbocycles. The van der Waals surface area contributed by atoms with Crippen molar-refractivity contribution in [3.63, 3.8) is 0 Å². The normalized spacial score (nSPS) is 15.1. The van der Waals surface area contributed by atoms with Gasteiger partial charge < -0.3 is 0 Å². The van der Waals surface area contributed by atoms with Crippen LogP contribution in [0, 0.1) is 17.2 Å². The smallest absolute Gasteiger partial charge is 0.166 e. The Balaban J connectivity index is 1.60. The molecular weight excluding hydrogens is 340 g/mol. The summed E-state index contributed by atoms with van der Waals surface area (Å²) < 4.78 is 5.61. The van der Waals surface area contributed by atoms with Crippen molar-refractivity contribution < 1.29 is 0 Å². The lowest BCUT2D eigenvalue weighted by Crippen LogP contribution is -2.11. The Labute approximate surface area is 155 Å². The van der Waals surface area contributed by atoms with E-state index in [4.69, 9.17) is 15.3 Å². The number of hydrogen-bond acceptors (Lipinski definition) is 5. The predicted octanol–water partition coefficient (Wildman–Crippen LogP) is 2.86. The summed E-state index contributed by atoms with van der Waals surface area (Å²) in [6.45, 7) is 0. The molecule has 0 bridgehead atoms. The molecule has 0 spiro atoms. The maximum absolute atomic E-state index is 9.15. The molecule has 5 rings (SSSR count). The van der Waals surface area contributed by atoms with E-state index in [2.05, 4.69) is 16.2 Å². The summed E-state index contributed by atoms with van der Waals surface area (Å²) in [6.07, 6.45) is 12.1. The quantitative estimate of drug-likeness (QED) is 0.547. The van der Waals surface area contributed by atoms with E-state index in [0.717, 1.165) is 28.4 Å². The summed E-state index contributed by atoms with van der Waals surface area (Å²) in [5.74, 6) is 1.29. The van der Waals surface area contributed by atoms with Crippen LogP contribution in [0.2, 0.25) is 0 Å². The van der Waals surface area contributed by atoms with Gasteiger partial charge in [0.05, 0.1) is 30.4 Å². The standard InChI is InChI=1S/C19H18N8/c1-25-12-14(11-22-25)16-10-18-21-7-9-26(18)19(23-16)15-5-8-27(24-15)17(4-6-20)13-2-3-13/h5,7-13,17H,2-4H2,1H3. The van der Waals surface area contributed by atoms with E-state index < -0.39 is 0 Å². The van der Waals surface area contributed by atoms with Crippen molar-refractivity contribution in [2.45, 2.75) is 25.3 Å². The van der Waals surface area contributed by atoms with E-state index >= 15 is 0 Å². The number of imidazole rings is 1. The van der Waals surface area contributed by atoms with Crippen LogP contribution in [-0.4, -0.2) is 33.9 Å². The number of aryl methyl sites for hydroxylation is 1. The average molecular weight is 358 g/mol. The third kappa shape index (κ3) is 2.77. The highest BCUT2D eigenvalue weighted by molar-refractivity contribution is 5.67. The number of nitrogens with zero attached hydrogens (tertiary/aromatic N) is 8. The maximum Gasteiger partial charge on any atom is 0.166 e. The van der Waals surface area contributed by atoms with Crippen molar-refractivity contribution in [1.29, 1.82) is 5.26 Å². The fourth-order valence-corrected chi connectivity index (χ4v) is 3.50. The highest BCUT2D eigenvalue weighted by Crippen LogP contribution is 2.41. The van der Waals surface area contributed by atoms with Crippen LogP contribution >= 0.6 is 0 Å². The van der Waals surface area contributed by atoms with Crippen molar-refractivity contribution in [2.75, 3.05) is 0 Å². The van der Waals surface area contributed by atoms with Crippen LogP contribution < -0.4 is 0 Å². The highest BCUT2D eigenvalue weighted by atomic mass is 15.3. The molecule has 1 aliphatic rings. The molecular formula is C19H18N8. The zero-order valence-electron chi connectivity index (χ0n) is 14.9. The van der Waals surface area contributed by atoms with Crippen LogP contribution in [-0.2, 0) is 7.05 Å². The van der Waals surface area contributed by atoms with Crippen molar-refractivity contribution in [2.24, 2.45) is 13.0 Å². The lowest BCUT2D eigenvalue weighted by atomic mass is 10.1. The van der Waals surface area contributed by atoms with Crippen LogP contribution in [0.1, 0.15) is 25.3 Å². The van der Waals surface area contributed by atoms with Gasteiger partial charge in [-0.05, 0) is 24.8 Å². The molecule has 4 heterocycles. The fraction of sp³-hybridized carbons (Fsp3) is 0.316. The summed E-state index contributed by atoms with van der Waals surface area (Å²) >= 11 is 0. The van der Waals surface area contributed by atoms with Crippen LogP contribution in [0.25, 0.3) is 28.4 Å². The molecule has 0 aliphatic heterocycles. The zero-order chi connectivity index (χ0) is 18.4. The van der Waals surface area contributed by atoms with Gasteiger partial charge in [-0.15, -0.1) is 0 Å². The Kier molecular flexibility index (Phi) is 3.53. The summed E-state index contributed by atoms with van der Waals surface area (Å²) in [7, 11) is 1.88. The molecule has 27 heavy (non-hydrogen) atoms. The van der Waals surface area contributed by atoms with Crippen molar-refractivity contribution >= 4 is 5.65 Å². The molecule has 4 aromatic rings. The van der Waals surface area contributed by atoms with E-state index in [0.29, 0.717) is 12.3 Å². The minimum Gasteiger partial charge on any atom is -0.282 e. The monoisotopic (exact) mass is 358 g/mol. The van der Waals surface area contributed by atoms with Gasteiger partial charge in [-0.1, -0.05) is 0 Å². The molecule has 1 fully saturated rings. The second kappa shape index (κ2) is 6.06. The molecule has 4 aromatic heterocycles. The molecule has 134 valence electrons. The number of hydrogen-bond donors (Lipinski definition) is 0. The van der Waals surface area contributed by atoms with Crippen molar-refractivity contribution in [3.05, 3.63) is 43.1 Å². The average Bonchev–Trinajstić information content (AvgIpc) is 3.07. The Bertz CT molecular complexity index is 1150. The Morgan fingerprint density at radius 3 is 2.93 bits per heavy atom. The van der Waals surface area contributed by atoms with Gasteiger partial charge in [0.15, 0.2) is 5.82 Å². The molecule has 0 saturated heterocycles. The number of nitriles is 1. The summed E-state index contributed by atoms with van der Waals surface area (Å²) in [4.78, 5) is 9.26. The van der Waals surface area contributed by atoms with E-state index in [1.165, 1.54) is 12.8 Å². The second-order valence-corrected chi connectivity index (χ2v) is 6.97. The summed E-state index contributed by atoms with van der Waals surface area (Å²) in [5, 5.41) is 18.2. The van der Waals surface area contributed by atoms with E-state index in [9.17, 15) is 0 Å². The molecule has 1 saturated carbocycles. The molecule has 0 aromatic carbocycles. The van der Waals surface area contributed by atoms with Gasteiger partial charge >= 0.3 is 0 Å². The second-order valence-electron chi connectivity index (χ2n) is 6.97. The van der Waals surface area contributed by atoms with Crippen LogP contribution in [0.4, 0.5) is 0 Å². The van der Waals surface area contributed by atoms with Crippen LogP contribution in [0.15, 0.2) is 43.1 Å². The first-order valence-electron chi connectivity index (χ1n) is 8.98. The Morgan fingerprint density at radius 1 is 1.30 bits per heavy atom. The largest absolute Gasteiger partial charge is 0.282 e. The minimum absolute atomic E-state index is 0.142. The van der Waals surface area contributed by atoms with Gasteiger partial charge in [-0.3, -0.25) is 13.8 Å². The van der Waals surface area contributed by atoms with Gasteiger partial charge in [0.1, 0.15) is 11.3 Å². The lowest BCUT2D eigenvalue weighted by molar-refractivity contribution is 0.413. The summed E-state index contributed by atoms with van der Waals surface area (Å²) in [6, 6.07) is 6.34. The predicted molar refractivity (Wildman–Crippen MR) is 98.4 cm³/mol. The SMILES string of the molecule is Cn1cc(-c2cc3nccn3c(-c3ccn(C(CC#N)C4CC4)n3)n2)cn1. The zero-order valence-corrected chi connectivity index (χ0v) is 14.9. The Morgan fingerprint density at radius 2 is 2.19 bits per heavy atom. The van der Waals surface area contributed by atoms with E-state index in [1.54, 1.807) is 17.1 Å². The maximum atomic E-state index is 9.15. The molecule has 1 unspecified atom stereocenters. The number of fused-ring (bicyclic) bond motifs is 1. The van der Waals surface area contributed by atoms with E-state index in [1.807, 2.05) is 46.9 Å². The minimum atomic E-state index is 0.142. The third-order valence-electron chi connectivity index (χ3n) is 5.03. The topological polar surface area (TPSA) is 89.6 Å². The molecule has 0 radical (unpaired) electrons.